The number of piperidine rings is 1. The molecule has 0 saturated carbocycles. The Hall–Kier alpha value is -2.43. The van der Waals surface area contributed by atoms with Crippen molar-refractivity contribution in [1.82, 2.24) is 9.88 Å². The molecule has 1 fully saturated rings. The molecule has 1 unspecified atom stereocenters. The topological polar surface area (TPSA) is 45.2 Å². The van der Waals surface area contributed by atoms with Crippen molar-refractivity contribution >= 4 is 17.4 Å². The molecule has 2 aromatic rings. The van der Waals surface area contributed by atoms with E-state index in [2.05, 4.69) is 17.2 Å². The molecule has 1 aliphatic heterocycles. The van der Waals surface area contributed by atoms with Crippen molar-refractivity contribution in [2.45, 2.75) is 19.8 Å². The van der Waals surface area contributed by atoms with Crippen molar-refractivity contribution in [3.8, 4) is 0 Å². The van der Waals surface area contributed by atoms with Gasteiger partial charge in [0, 0.05) is 19.3 Å². The molecule has 1 saturated heterocycles. The second-order valence-corrected chi connectivity index (χ2v) is 6.00. The van der Waals surface area contributed by atoms with Gasteiger partial charge in [-0.05, 0) is 43.0 Å². The molecule has 0 spiro atoms. The molecule has 1 N–H and O–H groups in total. The number of benzene rings is 1. The first kappa shape index (κ1) is 15.5. The smallest absolute Gasteiger partial charge is 0.257 e. The number of nitrogens with one attached hydrogen (secondary N) is 1. The monoisotopic (exact) mass is 313 g/mol. The number of pyridine rings is 1. The van der Waals surface area contributed by atoms with Crippen LogP contribution in [0.25, 0.3) is 0 Å². The number of amides is 1. The fraction of sp³-hybridized carbons (Fsp3) is 0.333. The minimum Gasteiger partial charge on any atom is -0.338 e. The molecule has 2 heterocycles. The summed E-state index contributed by atoms with van der Waals surface area (Å²) in [6.45, 7) is 3.67. The average molecular weight is 313 g/mol. The molecule has 4 nitrogen and oxygen atoms in total. The van der Waals surface area contributed by atoms with Crippen molar-refractivity contribution in [3.63, 3.8) is 0 Å². The Bertz CT molecular complexity index is 704. The van der Waals surface area contributed by atoms with Crippen LogP contribution in [0.3, 0.4) is 0 Å². The summed E-state index contributed by atoms with van der Waals surface area (Å²) in [4.78, 5) is 18.9. The Balaban J connectivity index is 1.86. The largest absolute Gasteiger partial charge is 0.338 e. The number of carbonyl (C=O) groups excluding carboxylic acids is 1. The van der Waals surface area contributed by atoms with Crippen LogP contribution in [0.1, 0.15) is 30.1 Å². The summed E-state index contributed by atoms with van der Waals surface area (Å²) < 4.78 is 13.8. The van der Waals surface area contributed by atoms with Crippen LogP contribution in [-0.2, 0) is 0 Å². The van der Waals surface area contributed by atoms with E-state index in [1.54, 1.807) is 36.5 Å². The van der Waals surface area contributed by atoms with Gasteiger partial charge < -0.3 is 10.2 Å². The molecule has 5 heteroatoms. The normalized spacial score (nSPS) is 17.8. The SMILES string of the molecule is CC1CCCN(C(=O)c2cccnc2Nc2ccccc2F)C1. The van der Waals surface area contributed by atoms with Gasteiger partial charge in [0.25, 0.3) is 5.91 Å². The third-order valence-corrected chi connectivity index (χ3v) is 4.11. The van der Waals surface area contributed by atoms with Gasteiger partial charge in [-0.1, -0.05) is 19.1 Å². The second kappa shape index (κ2) is 6.77. The van der Waals surface area contributed by atoms with Gasteiger partial charge in [-0.25, -0.2) is 9.37 Å². The van der Waals surface area contributed by atoms with Gasteiger partial charge in [0.05, 0.1) is 11.3 Å². The Morgan fingerprint density at radius 3 is 2.91 bits per heavy atom. The first-order chi connectivity index (χ1) is 11.1. The van der Waals surface area contributed by atoms with Crippen molar-refractivity contribution in [1.29, 1.82) is 0 Å². The quantitative estimate of drug-likeness (QED) is 0.936. The summed E-state index contributed by atoms with van der Waals surface area (Å²) >= 11 is 0. The van der Waals surface area contributed by atoms with E-state index in [4.69, 9.17) is 0 Å². The lowest BCUT2D eigenvalue weighted by Gasteiger charge is -2.31. The second-order valence-electron chi connectivity index (χ2n) is 6.00. The first-order valence-electron chi connectivity index (χ1n) is 7.91. The molecule has 120 valence electrons. The van der Waals surface area contributed by atoms with Crippen LogP contribution in [0, 0.1) is 11.7 Å². The minimum atomic E-state index is -0.372. The third-order valence-electron chi connectivity index (χ3n) is 4.11. The average Bonchev–Trinajstić information content (AvgIpc) is 2.57. The van der Waals surface area contributed by atoms with Crippen LogP contribution in [0.15, 0.2) is 42.6 Å². The molecule has 1 aromatic carbocycles. The highest BCUT2D eigenvalue weighted by Gasteiger charge is 2.24. The zero-order chi connectivity index (χ0) is 16.2. The molecule has 0 bridgehead atoms. The Kier molecular flexibility index (Phi) is 4.55. The molecule has 1 amide bonds. The van der Waals surface area contributed by atoms with E-state index in [0.717, 1.165) is 25.9 Å². The van der Waals surface area contributed by atoms with Crippen LogP contribution in [0.5, 0.6) is 0 Å². The van der Waals surface area contributed by atoms with Crippen LogP contribution in [0.4, 0.5) is 15.9 Å². The molecular formula is C18H20FN3O. The van der Waals surface area contributed by atoms with Crippen molar-refractivity contribution in [2.24, 2.45) is 5.92 Å². The maximum absolute atomic E-state index is 13.8. The minimum absolute atomic E-state index is 0.0523. The number of hydrogen-bond donors (Lipinski definition) is 1. The summed E-state index contributed by atoms with van der Waals surface area (Å²) in [6, 6.07) is 9.83. The number of anilines is 2. The van der Waals surface area contributed by atoms with Crippen molar-refractivity contribution in [2.75, 3.05) is 18.4 Å². The van der Waals surface area contributed by atoms with Gasteiger partial charge in [0.15, 0.2) is 0 Å². The van der Waals surface area contributed by atoms with Crippen LogP contribution >= 0.6 is 0 Å². The summed E-state index contributed by atoms with van der Waals surface area (Å²) in [7, 11) is 0. The fourth-order valence-electron chi connectivity index (χ4n) is 2.91. The van der Waals surface area contributed by atoms with Gasteiger partial charge >= 0.3 is 0 Å². The number of nitrogens with zero attached hydrogens (tertiary/aromatic N) is 2. The maximum atomic E-state index is 13.8. The zero-order valence-corrected chi connectivity index (χ0v) is 13.1. The summed E-state index contributed by atoms with van der Waals surface area (Å²) in [5, 5.41) is 2.94. The van der Waals surface area contributed by atoms with Crippen molar-refractivity contribution < 1.29 is 9.18 Å². The van der Waals surface area contributed by atoms with Crippen molar-refractivity contribution in [3.05, 3.63) is 54.0 Å². The molecule has 3 rings (SSSR count). The molecule has 1 atom stereocenters. The summed E-state index contributed by atoms with van der Waals surface area (Å²) in [6.07, 6.45) is 3.76. The van der Waals surface area contributed by atoms with Gasteiger partial charge in [-0.3, -0.25) is 4.79 Å². The molecule has 0 aliphatic carbocycles. The fourth-order valence-corrected chi connectivity index (χ4v) is 2.91. The number of rotatable bonds is 3. The van der Waals surface area contributed by atoms with E-state index < -0.39 is 0 Å². The highest BCUT2D eigenvalue weighted by molar-refractivity contribution is 5.99. The lowest BCUT2D eigenvalue weighted by Crippen LogP contribution is -2.39. The van der Waals surface area contributed by atoms with E-state index in [0.29, 0.717) is 23.0 Å². The highest BCUT2D eigenvalue weighted by Crippen LogP contribution is 2.24. The molecule has 23 heavy (non-hydrogen) atoms. The predicted octanol–water partition coefficient (Wildman–Crippen LogP) is 3.84. The van der Waals surface area contributed by atoms with E-state index >= 15 is 0 Å². The van der Waals surface area contributed by atoms with E-state index in [1.807, 2.05) is 4.90 Å². The van der Waals surface area contributed by atoms with Crippen LogP contribution in [0.2, 0.25) is 0 Å². The number of carbonyl (C=O) groups is 1. The Morgan fingerprint density at radius 2 is 2.13 bits per heavy atom. The summed E-state index contributed by atoms with van der Waals surface area (Å²) in [5.74, 6) is 0.472. The van der Waals surface area contributed by atoms with E-state index in [-0.39, 0.29) is 11.7 Å². The van der Waals surface area contributed by atoms with Gasteiger partial charge in [-0.2, -0.15) is 0 Å². The number of likely N-dealkylation sites (tertiary alicyclic amines) is 1. The number of para-hydroxylation sites is 1. The highest BCUT2D eigenvalue weighted by atomic mass is 19.1. The predicted molar refractivity (Wildman–Crippen MR) is 88.2 cm³/mol. The Morgan fingerprint density at radius 1 is 1.30 bits per heavy atom. The van der Waals surface area contributed by atoms with Gasteiger partial charge in [0.2, 0.25) is 0 Å². The molecule has 1 aromatic heterocycles. The maximum Gasteiger partial charge on any atom is 0.257 e. The van der Waals surface area contributed by atoms with Gasteiger partial charge in [-0.15, -0.1) is 0 Å². The number of halogens is 1. The first-order valence-corrected chi connectivity index (χ1v) is 7.91. The molecule has 1 aliphatic rings. The van der Waals surface area contributed by atoms with Gasteiger partial charge in [0.1, 0.15) is 11.6 Å². The Labute approximate surface area is 135 Å². The van der Waals surface area contributed by atoms with E-state index in [9.17, 15) is 9.18 Å². The lowest BCUT2D eigenvalue weighted by molar-refractivity contribution is 0.0683. The lowest BCUT2D eigenvalue weighted by atomic mass is 9.99. The summed E-state index contributed by atoms with van der Waals surface area (Å²) in [5.41, 5.74) is 0.789. The molecular weight excluding hydrogens is 293 g/mol. The molecule has 0 radical (unpaired) electrons. The number of hydrogen-bond acceptors (Lipinski definition) is 3. The van der Waals surface area contributed by atoms with Crippen LogP contribution in [-0.4, -0.2) is 28.9 Å². The van der Waals surface area contributed by atoms with Crippen LogP contribution < -0.4 is 5.32 Å². The van der Waals surface area contributed by atoms with E-state index in [1.165, 1.54) is 6.07 Å². The third kappa shape index (κ3) is 3.50. The zero-order valence-electron chi connectivity index (χ0n) is 13.1. The number of aromatic nitrogens is 1. The standard InChI is InChI=1S/C18H20FN3O/c1-13-6-5-11-22(12-13)18(23)14-7-4-10-20-17(14)21-16-9-3-2-8-15(16)19/h2-4,7-10,13H,5-6,11-12H2,1H3,(H,20,21).